The van der Waals surface area contributed by atoms with Crippen molar-refractivity contribution >= 4 is 33.1 Å². The first kappa shape index (κ1) is 11.0. The van der Waals surface area contributed by atoms with Crippen molar-refractivity contribution in [3.8, 4) is 0 Å². The van der Waals surface area contributed by atoms with E-state index in [0.717, 1.165) is 20.9 Å². The van der Waals surface area contributed by atoms with Gasteiger partial charge in [0.2, 0.25) is 0 Å². The van der Waals surface area contributed by atoms with E-state index < -0.39 is 12.5 Å². The maximum atomic E-state index is 11.3. The molecule has 0 aliphatic heterocycles. The highest BCUT2D eigenvalue weighted by atomic mass is 32.1. The zero-order chi connectivity index (χ0) is 11.7. The van der Waals surface area contributed by atoms with Crippen molar-refractivity contribution in [1.29, 1.82) is 0 Å². The van der Waals surface area contributed by atoms with Crippen LogP contribution in [0.5, 0.6) is 0 Å². The molecule has 0 saturated carbocycles. The van der Waals surface area contributed by atoms with Crippen molar-refractivity contribution in [1.82, 2.24) is 4.98 Å². The number of carbonyl (C=O) groups is 1. The number of fused-ring (bicyclic) bond motifs is 1. The van der Waals surface area contributed by atoms with Crippen LogP contribution in [-0.4, -0.2) is 24.5 Å². The summed E-state index contributed by atoms with van der Waals surface area (Å²) in [6.07, 6.45) is 0. The first-order chi connectivity index (χ1) is 7.61. The van der Waals surface area contributed by atoms with Gasteiger partial charge in [0.15, 0.2) is 6.61 Å². The number of benzene rings is 1. The average Bonchev–Trinajstić information content (AvgIpc) is 2.65. The molecule has 0 fully saturated rings. The van der Waals surface area contributed by atoms with Crippen LogP contribution in [0.15, 0.2) is 18.2 Å². The van der Waals surface area contributed by atoms with Gasteiger partial charge in [-0.15, -0.1) is 11.3 Å². The number of thiazole rings is 1. The maximum Gasteiger partial charge on any atom is 0.256 e. The molecular formula is C11H11N2O2S. The van der Waals surface area contributed by atoms with Gasteiger partial charge in [0, 0.05) is 12.7 Å². The van der Waals surface area contributed by atoms with Gasteiger partial charge in [-0.05, 0) is 25.1 Å². The van der Waals surface area contributed by atoms with E-state index in [-0.39, 0.29) is 0 Å². The van der Waals surface area contributed by atoms with E-state index in [1.54, 1.807) is 24.5 Å². The van der Waals surface area contributed by atoms with Crippen LogP contribution in [0.1, 0.15) is 5.01 Å². The number of carbonyl (C=O) groups excluding carboxylic acids is 1. The third kappa shape index (κ3) is 1.91. The standard InChI is InChI=1S/C11H11N2O2S/c1-7-12-9-4-3-8(5-10(9)16-7)13(2)11(15)6-14/h3-5H,6H2,1-2H3. The van der Waals surface area contributed by atoms with Gasteiger partial charge in [-0.2, -0.15) is 0 Å². The Morgan fingerprint density at radius 1 is 1.50 bits per heavy atom. The lowest BCUT2D eigenvalue weighted by Gasteiger charge is -2.15. The predicted octanol–water partition coefficient (Wildman–Crippen LogP) is 2.00. The van der Waals surface area contributed by atoms with Gasteiger partial charge in [0.25, 0.3) is 5.91 Å². The van der Waals surface area contributed by atoms with Crippen LogP contribution in [0.3, 0.4) is 0 Å². The second kappa shape index (κ2) is 4.19. The van der Waals surface area contributed by atoms with E-state index in [0.29, 0.717) is 0 Å². The van der Waals surface area contributed by atoms with E-state index in [9.17, 15) is 9.90 Å². The Morgan fingerprint density at radius 2 is 2.25 bits per heavy atom. The SMILES string of the molecule is Cc1nc2ccc(N(C)C(=O)C[O])cc2s1. The number of aryl methyl sites for hydroxylation is 1. The lowest BCUT2D eigenvalue weighted by Crippen LogP contribution is -2.28. The summed E-state index contributed by atoms with van der Waals surface area (Å²) in [5.41, 5.74) is 1.66. The molecule has 83 valence electrons. The molecule has 5 heteroatoms. The Morgan fingerprint density at radius 3 is 2.94 bits per heavy atom. The molecule has 0 bridgehead atoms. The van der Waals surface area contributed by atoms with E-state index >= 15 is 0 Å². The largest absolute Gasteiger partial charge is 0.313 e. The van der Waals surface area contributed by atoms with Gasteiger partial charge in [0.1, 0.15) is 0 Å². The predicted molar refractivity (Wildman–Crippen MR) is 63.3 cm³/mol. The normalized spacial score (nSPS) is 10.7. The number of rotatable bonds is 2. The molecule has 0 aliphatic carbocycles. The molecule has 4 nitrogen and oxygen atoms in total. The van der Waals surface area contributed by atoms with Gasteiger partial charge in [-0.3, -0.25) is 4.79 Å². The molecule has 1 aromatic carbocycles. The van der Waals surface area contributed by atoms with E-state index in [4.69, 9.17) is 0 Å². The second-order valence-electron chi connectivity index (χ2n) is 3.48. The van der Waals surface area contributed by atoms with Crippen molar-refractivity contribution in [2.75, 3.05) is 18.6 Å². The number of hydrogen-bond acceptors (Lipinski definition) is 3. The van der Waals surface area contributed by atoms with Crippen LogP contribution in [-0.2, 0) is 9.90 Å². The zero-order valence-corrected chi connectivity index (χ0v) is 9.87. The molecule has 0 aliphatic rings. The van der Waals surface area contributed by atoms with Crippen molar-refractivity contribution in [2.45, 2.75) is 6.92 Å². The summed E-state index contributed by atoms with van der Waals surface area (Å²) in [6, 6.07) is 5.55. The molecule has 1 radical (unpaired) electrons. The fourth-order valence-electron chi connectivity index (χ4n) is 1.48. The van der Waals surface area contributed by atoms with Gasteiger partial charge in [-0.1, -0.05) is 0 Å². The van der Waals surface area contributed by atoms with Crippen LogP contribution in [0.4, 0.5) is 5.69 Å². The van der Waals surface area contributed by atoms with E-state index in [1.165, 1.54) is 4.90 Å². The van der Waals surface area contributed by atoms with E-state index in [1.807, 2.05) is 19.1 Å². The summed E-state index contributed by atoms with van der Waals surface area (Å²) in [5, 5.41) is 11.5. The van der Waals surface area contributed by atoms with Crippen LogP contribution in [0, 0.1) is 6.92 Å². The Bertz CT molecular complexity index is 536. The highest BCUT2D eigenvalue weighted by Crippen LogP contribution is 2.26. The van der Waals surface area contributed by atoms with Crippen molar-refractivity contribution in [3.63, 3.8) is 0 Å². The van der Waals surface area contributed by atoms with Gasteiger partial charge in [-0.25, -0.2) is 10.1 Å². The number of anilines is 1. The Balaban J connectivity index is 2.42. The number of likely N-dealkylation sites (N-methyl/N-ethyl adjacent to an activating group) is 1. The van der Waals surface area contributed by atoms with E-state index in [2.05, 4.69) is 4.98 Å². The number of hydrogen-bond donors (Lipinski definition) is 0. The quantitative estimate of drug-likeness (QED) is 0.799. The summed E-state index contributed by atoms with van der Waals surface area (Å²) in [6.45, 7) is 1.22. The lowest BCUT2D eigenvalue weighted by atomic mass is 10.3. The van der Waals surface area contributed by atoms with Crippen LogP contribution >= 0.6 is 11.3 Å². The Hall–Kier alpha value is -1.46. The summed E-state index contributed by atoms with van der Waals surface area (Å²) in [7, 11) is 1.61. The smallest absolute Gasteiger partial charge is 0.256 e. The molecule has 1 amide bonds. The molecule has 0 spiro atoms. The Kier molecular flexibility index (Phi) is 2.89. The number of aromatic nitrogens is 1. The minimum absolute atomic E-state index is 0.430. The van der Waals surface area contributed by atoms with Crippen LogP contribution in [0.25, 0.3) is 10.2 Å². The summed E-state index contributed by atoms with van der Waals surface area (Å²) in [4.78, 5) is 17.0. The van der Waals surface area contributed by atoms with Crippen molar-refractivity contribution < 1.29 is 9.90 Å². The molecule has 0 saturated heterocycles. The molecule has 0 atom stereocenters. The summed E-state index contributed by atoms with van der Waals surface area (Å²) < 4.78 is 1.03. The molecule has 2 aromatic rings. The summed E-state index contributed by atoms with van der Waals surface area (Å²) in [5.74, 6) is -0.430. The Labute approximate surface area is 97.1 Å². The first-order valence-electron chi connectivity index (χ1n) is 4.83. The highest BCUT2D eigenvalue weighted by molar-refractivity contribution is 7.18. The molecule has 1 heterocycles. The molecule has 16 heavy (non-hydrogen) atoms. The number of amides is 1. The molecule has 1 aromatic heterocycles. The van der Waals surface area contributed by atoms with Gasteiger partial charge in [0.05, 0.1) is 15.2 Å². The number of nitrogens with zero attached hydrogens (tertiary/aromatic N) is 2. The highest BCUT2D eigenvalue weighted by Gasteiger charge is 2.11. The minimum Gasteiger partial charge on any atom is -0.313 e. The minimum atomic E-state index is -0.726. The third-order valence-electron chi connectivity index (χ3n) is 2.36. The van der Waals surface area contributed by atoms with Gasteiger partial charge >= 0.3 is 0 Å². The van der Waals surface area contributed by atoms with Crippen LogP contribution in [0.2, 0.25) is 0 Å². The fourth-order valence-corrected chi connectivity index (χ4v) is 2.34. The second-order valence-corrected chi connectivity index (χ2v) is 4.72. The first-order valence-corrected chi connectivity index (χ1v) is 5.65. The maximum absolute atomic E-state index is 11.3. The molecule has 0 N–H and O–H groups in total. The lowest BCUT2D eigenvalue weighted by molar-refractivity contribution is -0.122. The van der Waals surface area contributed by atoms with Crippen molar-refractivity contribution in [2.24, 2.45) is 0 Å². The van der Waals surface area contributed by atoms with Crippen molar-refractivity contribution in [3.05, 3.63) is 23.2 Å². The summed E-state index contributed by atoms with van der Waals surface area (Å²) >= 11 is 1.58. The monoisotopic (exact) mass is 235 g/mol. The van der Waals surface area contributed by atoms with Gasteiger partial charge < -0.3 is 4.90 Å². The third-order valence-corrected chi connectivity index (χ3v) is 3.30. The topological polar surface area (TPSA) is 53.1 Å². The van der Waals surface area contributed by atoms with Crippen LogP contribution < -0.4 is 4.90 Å². The average molecular weight is 235 g/mol. The zero-order valence-electron chi connectivity index (χ0n) is 9.06. The molecular weight excluding hydrogens is 224 g/mol. The fraction of sp³-hybridized carbons (Fsp3) is 0.273. The molecule has 2 rings (SSSR count). The molecule has 0 unspecified atom stereocenters.